The first-order valence-corrected chi connectivity index (χ1v) is 12.3. The maximum absolute atomic E-state index is 13.8. The van der Waals surface area contributed by atoms with Gasteiger partial charge in [-0.15, -0.1) is 0 Å². The first-order valence-electron chi connectivity index (χ1n) is 11.9. The number of benzene rings is 2. The summed E-state index contributed by atoms with van der Waals surface area (Å²) in [5, 5.41) is 0.617. The van der Waals surface area contributed by atoms with Gasteiger partial charge in [0, 0.05) is 24.5 Å². The lowest BCUT2D eigenvalue weighted by atomic mass is 9.84. The minimum Gasteiger partial charge on any atom is -0.329 e. The smallest absolute Gasteiger partial charge is 0.249 e. The minimum absolute atomic E-state index is 0.0216. The summed E-state index contributed by atoms with van der Waals surface area (Å²) in [4.78, 5) is 42.9. The molecule has 2 amide bonds. The van der Waals surface area contributed by atoms with Crippen molar-refractivity contribution in [2.75, 3.05) is 13.1 Å². The highest BCUT2D eigenvalue weighted by molar-refractivity contribution is 6.30. The molecule has 0 saturated carbocycles. The maximum atomic E-state index is 13.8. The Morgan fingerprint density at radius 3 is 2.18 bits per heavy atom. The SMILES string of the molecule is Cc1cc(C)cc(CC(=O)N2CCC2(C)C(=O)N(CC(=O)CC(C)C)Cc2ccc(Cl)cc2)c1. The zero-order valence-electron chi connectivity index (χ0n) is 20.9. The predicted octanol–water partition coefficient (Wildman–Crippen LogP) is 5.13. The van der Waals surface area contributed by atoms with E-state index >= 15 is 0 Å². The molecule has 2 aromatic carbocycles. The van der Waals surface area contributed by atoms with E-state index in [2.05, 4.69) is 6.07 Å². The van der Waals surface area contributed by atoms with E-state index < -0.39 is 5.54 Å². The number of amides is 2. The van der Waals surface area contributed by atoms with Crippen LogP contribution in [0.5, 0.6) is 0 Å². The van der Waals surface area contributed by atoms with Crippen LogP contribution < -0.4 is 0 Å². The molecule has 5 nitrogen and oxygen atoms in total. The number of carbonyl (C=O) groups is 3. The number of Topliss-reactive ketones (excluding diaryl/α,β-unsaturated/α-hetero) is 1. The summed E-state index contributed by atoms with van der Waals surface area (Å²) in [6, 6.07) is 13.4. The molecule has 34 heavy (non-hydrogen) atoms. The van der Waals surface area contributed by atoms with Crippen molar-refractivity contribution in [3.05, 3.63) is 69.7 Å². The second-order valence-corrected chi connectivity index (χ2v) is 10.6. The second kappa shape index (κ2) is 10.7. The van der Waals surface area contributed by atoms with Gasteiger partial charge in [-0.3, -0.25) is 14.4 Å². The molecule has 1 aliphatic heterocycles. The van der Waals surface area contributed by atoms with E-state index in [-0.39, 0.29) is 36.5 Å². The number of ketones is 1. The van der Waals surface area contributed by atoms with Crippen LogP contribution in [0.25, 0.3) is 0 Å². The van der Waals surface area contributed by atoms with Crippen LogP contribution >= 0.6 is 11.6 Å². The zero-order chi connectivity index (χ0) is 25.0. The Bertz CT molecular complexity index is 1040. The standard InChI is InChI=1S/C28H35ClN2O3/c1-19(2)12-25(32)18-30(17-22-6-8-24(29)9-7-22)27(34)28(5)10-11-31(28)26(33)16-23-14-20(3)13-21(4)15-23/h6-9,13-15,19H,10-12,16-18H2,1-5H3. The van der Waals surface area contributed by atoms with Gasteiger partial charge < -0.3 is 9.80 Å². The van der Waals surface area contributed by atoms with Crippen LogP contribution in [0.4, 0.5) is 0 Å². The number of nitrogens with zero attached hydrogens (tertiary/aromatic N) is 2. The Morgan fingerprint density at radius 2 is 1.65 bits per heavy atom. The first kappa shape index (κ1) is 26.0. The summed E-state index contributed by atoms with van der Waals surface area (Å²) >= 11 is 6.02. The van der Waals surface area contributed by atoms with Crippen molar-refractivity contribution in [2.45, 2.75) is 66.0 Å². The molecular formula is C28H35ClN2O3. The summed E-state index contributed by atoms with van der Waals surface area (Å²) < 4.78 is 0. The summed E-state index contributed by atoms with van der Waals surface area (Å²) in [6.45, 7) is 10.7. The van der Waals surface area contributed by atoms with Crippen LogP contribution in [0.15, 0.2) is 42.5 Å². The third kappa shape index (κ3) is 6.26. The molecule has 1 heterocycles. The van der Waals surface area contributed by atoms with Crippen molar-refractivity contribution in [3.63, 3.8) is 0 Å². The minimum atomic E-state index is -0.944. The topological polar surface area (TPSA) is 57.7 Å². The molecule has 6 heteroatoms. The van der Waals surface area contributed by atoms with Crippen LogP contribution in [0.1, 0.15) is 55.9 Å². The number of halogens is 1. The fourth-order valence-corrected chi connectivity index (χ4v) is 4.83. The monoisotopic (exact) mass is 482 g/mol. The number of rotatable bonds is 9. The van der Waals surface area contributed by atoms with E-state index in [1.807, 2.05) is 58.9 Å². The van der Waals surface area contributed by atoms with Crippen molar-refractivity contribution in [2.24, 2.45) is 5.92 Å². The molecular weight excluding hydrogens is 448 g/mol. The van der Waals surface area contributed by atoms with Gasteiger partial charge in [-0.2, -0.15) is 0 Å². The Labute approximate surface area is 208 Å². The van der Waals surface area contributed by atoms with Crippen LogP contribution in [-0.4, -0.2) is 46.0 Å². The zero-order valence-corrected chi connectivity index (χ0v) is 21.6. The molecule has 2 aromatic rings. The van der Waals surface area contributed by atoms with Gasteiger partial charge in [0.15, 0.2) is 5.78 Å². The Balaban J connectivity index is 1.79. The highest BCUT2D eigenvalue weighted by Crippen LogP contribution is 2.34. The van der Waals surface area contributed by atoms with Gasteiger partial charge in [0.1, 0.15) is 5.54 Å². The lowest BCUT2D eigenvalue weighted by Gasteiger charge is -2.51. The Morgan fingerprint density at radius 1 is 1.03 bits per heavy atom. The molecule has 1 atom stereocenters. The average molecular weight is 483 g/mol. The van der Waals surface area contributed by atoms with Gasteiger partial charge in [-0.05, 0) is 56.4 Å². The molecule has 1 unspecified atom stereocenters. The molecule has 0 bridgehead atoms. The van der Waals surface area contributed by atoms with E-state index in [1.54, 1.807) is 21.9 Å². The molecule has 3 rings (SSSR count). The van der Waals surface area contributed by atoms with Gasteiger partial charge in [0.2, 0.25) is 11.8 Å². The number of hydrogen-bond acceptors (Lipinski definition) is 3. The molecule has 1 fully saturated rings. The quantitative estimate of drug-likeness (QED) is 0.497. The molecule has 1 saturated heterocycles. The van der Waals surface area contributed by atoms with E-state index in [0.717, 1.165) is 22.3 Å². The number of likely N-dealkylation sites (tertiary alicyclic amines) is 1. The van der Waals surface area contributed by atoms with Crippen molar-refractivity contribution in [1.82, 2.24) is 9.80 Å². The summed E-state index contributed by atoms with van der Waals surface area (Å²) in [7, 11) is 0. The summed E-state index contributed by atoms with van der Waals surface area (Å²) in [5.74, 6) is -0.00452. The molecule has 0 N–H and O–H groups in total. The lowest BCUT2D eigenvalue weighted by Crippen LogP contribution is -2.68. The third-order valence-electron chi connectivity index (χ3n) is 6.39. The maximum Gasteiger partial charge on any atom is 0.249 e. The fourth-order valence-electron chi connectivity index (χ4n) is 4.71. The normalized spacial score (nSPS) is 17.4. The predicted molar refractivity (Wildman–Crippen MR) is 136 cm³/mol. The molecule has 0 aliphatic carbocycles. The van der Waals surface area contributed by atoms with Gasteiger partial charge in [-0.25, -0.2) is 0 Å². The van der Waals surface area contributed by atoms with Gasteiger partial charge in [-0.1, -0.05) is 66.9 Å². The van der Waals surface area contributed by atoms with Crippen molar-refractivity contribution in [3.8, 4) is 0 Å². The fraction of sp³-hybridized carbons (Fsp3) is 0.464. The van der Waals surface area contributed by atoms with E-state index in [1.165, 1.54) is 0 Å². The van der Waals surface area contributed by atoms with E-state index in [0.29, 0.717) is 31.0 Å². The van der Waals surface area contributed by atoms with Gasteiger partial charge in [0.25, 0.3) is 0 Å². The highest BCUT2D eigenvalue weighted by Gasteiger charge is 2.51. The van der Waals surface area contributed by atoms with E-state index in [9.17, 15) is 14.4 Å². The van der Waals surface area contributed by atoms with Crippen molar-refractivity contribution in [1.29, 1.82) is 0 Å². The number of carbonyl (C=O) groups excluding carboxylic acids is 3. The van der Waals surface area contributed by atoms with Gasteiger partial charge in [0.05, 0.1) is 13.0 Å². The molecule has 182 valence electrons. The summed E-state index contributed by atoms with van der Waals surface area (Å²) in [5.41, 5.74) is 3.13. The Kier molecular flexibility index (Phi) is 8.19. The highest BCUT2D eigenvalue weighted by atomic mass is 35.5. The van der Waals surface area contributed by atoms with Crippen LogP contribution in [0.2, 0.25) is 5.02 Å². The molecule has 0 aromatic heterocycles. The van der Waals surface area contributed by atoms with Crippen LogP contribution in [0.3, 0.4) is 0 Å². The number of hydrogen-bond donors (Lipinski definition) is 0. The first-order chi connectivity index (χ1) is 16.0. The summed E-state index contributed by atoms with van der Waals surface area (Å²) in [6.07, 6.45) is 1.26. The van der Waals surface area contributed by atoms with Crippen molar-refractivity contribution >= 4 is 29.2 Å². The largest absolute Gasteiger partial charge is 0.329 e. The Hall–Kier alpha value is -2.66. The lowest BCUT2D eigenvalue weighted by molar-refractivity contribution is -0.164. The van der Waals surface area contributed by atoms with Crippen LogP contribution in [-0.2, 0) is 27.3 Å². The van der Waals surface area contributed by atoms with Crippen molar-refractivity contribution < 1.29 is 14.4 Å². The van der Waals surface area contributed by atoms with Crippen LogP contribution in [0, 0.1) is 19.8 Å². The number of aryl methyl sites for hydroxylation is 2. The molecule has 0 radical (unpaired) electrons. The second-order valence-electron chi connectivity index (χ2n) is 10.2. The average Bonchev–Trinajstić information content (AvgIpc) is 2.71. The third-order valence-corrected chi connectivity index (χ3v) is 6.65. The molecule has 0 spiro atoms. The van der Waals surface area contributed by atoms with Gasteiger partial charge >= 0.3 is 0 Å². The van der Waals surface area contributed by atoms with E-state index in [4.69, 9.17) is 11.6 Å². The molecule has 1 aliphatic rings.